The van der Waals surface area contributed by atoms with Crippen LogP contribution in [0.5, 0.6) is 0 Å². The van der Waals surface area contributed by atoms with E-state index in [9.17, 15) is 14.4 Å². The van der Waals surface area contributed by atoms with Gasteiger partial charge in [0.15, 0.2) is 0 Å². The molecule has 26 heavy (non-hydrogen) atoms. The number of rotatable bonds is 4. The Labute approximate surface area is 158 Å². The van der Waals surface area contributed by atoms with Crippen molar-refractivity contribution in [1.29, 1.82) is 0 Å². The van der Waals surface area contributed by atoms with Gasteiger partial charge >= 0.3 is 5.69 Å². The zero-order valence-electron chi connectivity index (χ0n) is 15.1. The first-order chi connectivity index (χ1) is 11.9. The lowest BCUT2D eigenvalue weighted by Crippen LogP contribution is -2.44. The Bertz CT molecular complexity index is 698. The second-order valence-electron chi connectivity index (χ2n) is 7.29. The predicted molar refractivity (Wildman–Crippen MR) is 99.9 cm³/mol. The average Bonchev–Trinajstić information content (AvgIpc) is 2.99. The van der Waals surface area contributed by atoms with Crippen molar-refractivity contribution >= 4 is 18.3 Å². The lowest BCUT2D eigenvalue weighted by molar-refractivity contribution is 0.0401. The number of likely N-dealkylation sites (tertiary alicyclic amines) is 1. The molecule has 1 aromatic heterocycles. The molecule has 3 heterocycles. The fraction of sp³-hybridized carbons (Fsp3) is 0.706. The maximum atomic E-state index is 12.5. The Morgan fingerprint density at radius 3 is 2.54 bits per heavy atom. The second kappa shape index (κ2) is 8.83. The summed E-state index contributed by atoms with van der Waals surface area (Å²) in [7, 11) is 0. The third-order valence-electron chi connectivity index (χ3n) is 5.28. The van der Waals surface area contributed by atoms with Gasteiger partial charge < -0.3 is 15.0 Å². The maximum Gasteiger partial charge on any atom is 0.326 e. The van der Waals surface area contributed by atoms with Crippen LogP contribution in [0.3, 0.4) is 0 Å². The van der Waals surface area contributed by atoms with Gasteiger partial charge in [0, 0.05) is 44.5 Å². The number of amides is 1. The molecule has 1 aromatic rings. The van der Waals surface area contributed by atoms with E-state index in [0.717, 1.165) is 45.2 Å². The standard InChI is InChI=1S/C17H26N4O4.ClH/c1-10(2)12-8-21(11-3-5-25-6-4-11)9-14(12)18-16(23)13-7-15(22)20-17(24)19-13;/h7,10-12,14H,3-6,8-9H2,1-2H3,(H,18,23)(H2,19,20,22,24);1H/t12-,14+;/m1./s1. The number of aromatic nitrogens is 2. The average molecular weight is 387 g/mol. The fourth-order valence-electron chi connectivity index (χ4n) is 3.87. The molecule has 9 heteroatoms. The van der Waals surface area contributed by atoms with Gasteiger partial charge in [0.1, 0.15) is 5.69 Å². The third kappa shape index (κ3) is 4.75. The zero-order valence-corrected chi connectivity index (χ0v) is 15.9. The number of halogens is 1. The van der Waals surface area contributed by atoms with Crippen LogP contribution < -0.4 is 16.6 Å². The SMILES string of the molecule is CC(C)[C@H]1CN(C2CCOCC2)C[C@@H]1NC(=O)c1cc(=O)[nH]c(=O)[nH]1.Cl. The number of carbonyl (C=O) groups is 1. The highest BCUT2D eigenvalue weighted by Gasteiger charge is 2.38. The number of carbonyl (C=O) groups excluding carboxylic acids is 1. The highest BCUT2D eigenvalue weighted by atomic mass is 35.5. The van der Waals surface area contributed by atoms with Crippen LogP contribution in [0.4, 0.5) is 0 Å². The third-order valence-corrected chi connectivity index (χ3v) is 5.28. The van der Waals surface area contributed by atoms with Crippen molar-refractivity contribution in [1.82, 2.24) is 20.2 Å². The summed E-state index contributed by atoms with van der Waals surface area (Å²) in [5.41, 5.74) is -1.25. The minimum atomic E-state index is -0.673. The first kappa shape index (κ1) is 20.7. The van der Waals surface area contributed by atoms with Gasteiger partial charge in [-0.05, 0) is 24.7 Å². The van der Waals surface area contributed by atoms with Gasteiger partial charge in [-0.15, -0.1) is 12.4 Å². The number of hydrogen-bond donors (Lipinski definition) is 3. The number of H-pyrrole nitrogens is 2. The summed E-state index contributed by atoms with van der Waals surface area (Å²) >= 11 is 0. The Morgan fingerprint density at radius 1 is 1.23 bits per heavy atom. The molecule has 1 amide bonds. The molecule has 3 rings (SSSR count). The first-order valence-electron chi connectivity index (χ1n) is 8.90. The van der Waals surface area contributed by atoms with Crippen molar-refractivity contribution in [3.63, 3.8) is 0 Å². The van der Waals surface area contributed by atoms with Crippen molar-refractivity contribution in [2.45, 2.75) is 38.8 Å². The van der Waals surface area contributed by atoms with Crippen molar-refractivity contribution in [3.8, 4) is 0 Å². The summed E-state index contributed by atoms with van der Waals surface area (Å²) in [4.78, 5) is 42.2. The van der Waals surface area contributed by atoms with Gasteiger partial charge in [0.05, 0.1) is 0 Å². The van der Waals surface area contributed by atoms with Crippen molar-refractivity contribution in [2.24, 2.45) is 11.8 Å². The van der Waals surface area contributed by atoms with E-state index in [-0.39, 0.29) is 24.1 Å². The quantitative estimate of drug-likeness (QED) is 0.692. The Hall–Kier alpha value is -1.64. The van der Waals surface area contributed by atoms with Crippen LogP contribution >= 0.6 is 12.4 Å². The Balaban J connectivity index is 0.00000243. The largest absolute Gasteiger partial charge is 0.381 e. The molecule has 0 aromatic carbocycles. The van der Waals surface area contributed by atoms with Crippen molar-refractivity contribution in [3.05, 3.63) is 32.6 Å². The highest BCUT2D eigenvalue weighted by molar-refractivity contribution is 5.92. The zero-order chi connectivity index (χ0) is 18.0. The number of hydrogen-bond acceptors (Lipinski definition) is 5. The molecule has 0 unspecified atom stereocenters. The molecule has 2 aliphatic heterocycles. The van der Waals surface area contributed by atoms with E-state index >= 15 is 0 Å². The molecule has 3 N–H and O–H groups in total. The lowest BCUT2D eigenvalue weighted by atomic mass is 9.91. The molecule has 0 radical (unpaired) electrons. The van der Waals surface area contributed by atoms with Gasteiger partial charge in [0.2, 0.25) is 0 Å². The molecule has 8 nitrogen and oxygen atoms in total. The van der Waals surface area contributed by atoms with Crippen molar-refractivity contribution in [2.75, 3.05) is 26.3 Å². The van der Waals surface area contributed by atoms with E-state index in [1.165, 1.54) is 0 Å². The minimum Gasteiger partial charge on any atom is -0.381 e. The van der Waals surface area contributed by atoms with Crippen LogP contribution in [0.1, 0.15) is 37.2 Å². The van der Waals surface area contributed by atoms with Gasteiger partial charge in [-0.1, -0.05) is 13.8 Å². The molecule has 2 atom stereocenters. The summed E-state index contributed by atoms with van der Waals surface area (Å²) in [6.07, 6.45) is 2.04. The molecular weight excluding hydrogens is 360 g/mol. The molecule has 0 bridgehead atoms. The van der Waals surface area contributed by atoms with Gasteiger partial charge in [-0.2, -0.15) is 0 Å². The van der Waals surface area contributed by atoms with Crippen LogP contribution in [-0.4, -0.2) is 59.2 Å². The minimum absolute atomic E-state index is 0. The monoisotopic (exact) mass is 386 g/mol. The van der Waals surface area contributed by atoms with Gasteiger partial charge in [-0.3, -0.25) is 19.5 Å². The summed E-state index contributed by atoms with van der Waals surface area (Å²) in [6, 6.07) is 1.61. The highest BCUT2D eigenvalue weighted by Crippen LogP contribution is 2.28. The van der Waals surface area contributed by atoms with E-state index in [2.05, 4.69) is 34.0 Å². The molecule has 146 valence electrons. The topological polar surface area (TPSA) is 107 Å². The van der Waals surface area contributed by atoms with Crippen LogP contribution in [0.25, 0.3) is 0 Å². The molecular formula is C17H27ClN4O4. The maximum absolute atomic E-state index is 12.5. The first-order valence-corrected chi connectivity index (χ1v) is 8.90. The van der Waals surface area contributed by atoms with Crippen molar-refractivity contribution < 1.29 is 9.53 Å². The number of aromatic amines is 2. The van der Waals surface area contributed by atoms with Gasteiger partial charge in [-0.25, -0.2) is 4.79 Å². The van der Waals surface area contributed by atoms with Crippen LogP contribution in [0.15, 0.2) is 15.7 Å². The Kier molecular flexibility index (Phi) is 7.02. The summed E-state index contributed by atoms with van der Waals surface area (Å²) in [6.45, 7) is 7.63. The van der Waals surface area contributed by atoms with Gasteiger partial charge in [0.25, 0.3) is 11.5 Å². The molecule has 2 aliphatic rings. The number of ether oxygens (including phenoxy) is 1. The van der Waals surface area contributed by atoms with Crippen LogP contribution in [0, 0.1) is 11.8 Å². The number of nitrogens with zero attached hydrogens (tertiary/aromatic N) is 1. The van der Waals surface area contributed by atoms with E-state index in [0.29, 0.717) is 17.9 Å². The molecule has 0 aliphatic carbocycles. The summed E-state index contributed by atoms with van der Waals surface area (Å²) in [5, 5.41) is 3.02. The molecule has 0 spiro atoms. The second-order valence-corrected chi connectivity index (χ2v) is 7.29. The Morgan fingerprint density at radius 2 is 1.92 bits per heavy atom. The number of nitrogens with one attached hydrogen (secondary N) is 3. The smallest absolute Gasteiger partial charge is 0.326 e. The normalized spacial score (nSPS) is 24.4. The molecule has 2 saturated heterocycles. The molecule has 2 fully saturated rings. The van der Waals surface area contributed by atoms with Crippen LogP contribution in [0.2, 0.25) is 0 Å². The van der Waals surface area contributed by atoms with E-state index in [1.807, 2.05) is 0 Å². The van der Waals surface area contributed by atoms with E-state index in [1.54, 1.807) is 0 Å². The summed E-state index contributed by atoms with van der Waals surface area (Å²) in [5.74, 6) is 0.349. The van der Waals surface area contributed by atoms with Crippen LogP contribution in [-0.2, 0) is 4.74 Å². The summed E-state index contributed by atoms with van der Waals surface area (Å²) < 4.78 is 5.44. The fourth-order valence-corrected chi connectivity index (χ4v) is 3.87. The van der Waals surface area contributed by atoms with E-state index < -0.39 is 17.2 Å². The predicted octanol–water partition coefficient (Wildman–Crippen LogP) is 0.350. The molecule has 0 saturated carbocycles. The van der Waals surface area contributed by atoms with E-state index in [4.69, 9.17) is 4.74 Å². The lowest BCUT2D eigenvalue weighted by Gasteiger charge is -2.31.